The highest BCUT2D eigenvalue weighted by Gasteiger charge is 2.16. The van der Waals surface area contributed by atoms with Gasteiger partial charge in [0.15, 0.2) is 6.61 Å². The van der Waals surface area contributed by atoms with Crippen molar-refractivity contribution in [1.82, 2.24) is 4.90 Å². The van der Waals surface area contributed by atoms with Crippen molar-refractivity contribution < 1.29 is 23.5 Å². The monoisotopic (exact) mass is 406 g/mol. The van der Waals surface area contributed by atoms with E-state index < -0.39 is 24.3 Å². The molecule has 2 aromatic carbocycles. The van der Waals surface area contributed by atoms with Gasteiger partial charge in [-0.25, -0.2) is 9.18 Å². The van der Waals surface area contributed by atoms with Crippen LogP contribution in [0.1, 0.15) is 34.6 Å². The molecule has 0 heterocycles. The Morgan fingerprint density at radius 3 is 2.32 bits per heavy atom. The number of nitrogens with one attached hydrogen (secondary N) is 1. The minimum atomic E-state index is -0.990. The molecular formula is C20H20ClFN2O4. The van der Waals surface area contributed by atoms with Crippen LogP contribution in [0, 0.1) is 5.82 Å². The minimum absolute atomic E-state index is 0.0969. The summed E-state index contributed by atoms with van der Waals surface area (Å²) in [5.74, 6) is -2.47. The second-order valence-electron chi connectivity index (χ2n) is 5.80. The van der Waals surface area contributed by atoms with Crippen molar-refractivity contribution in [3.05, 3.63) is 64.4 Å². The molecule has 2 rings (SSSR count). The van der Waals surface area contributed by atoms with Crippen molar-refractivity contribution in [2.45, 2.75) is 13.8 Å². The molecule has 2 amide bonds. The molecular weight excluding hydrogens is 387 g/mol. The third-order valence-electron chi connectivity index (χ3n) is 3.95. The van der Waals surface area contributed by atoms with Crippen LogP contribution in [-0.2, 0) is 9.53 Å². The predicted octanol–water partition coefficient (Wildman–Crippen LogP) is 3.76. The number of benzene rings is 2. The fraction of sp³-hybridized carbons (Fsp3) is 0.250. The lowest BCUT2D eigenvalue weighted by molar-refractivity contribution is -0.119. The molecule has 0 aliphatic rings. The summed E-state index contributed by atoms with van der Waals surface area (Å²) < 4.78 is 18.4. The number of ether oxygens (including phenoxy) is 1. The Bertz CT molecular complexity index is 867. The smallest absolute Gasteiger partial charge is 0.341 e. The first-order valence-corrected chi connectivity index (χ1v) is 9.04. The van der Waals surface area contributed by atoms with Crippen molar-refractivity contribution in [3.8, 4) is 0 Å². The molecule has 0 unspecified atom stereocenters. The van der Waals surface area contributed by atoms with E-state index in [0.717, 1.165) is 12.1 Å². The average Bonchev–Trinajstić information content (AvgIpc) is 2.69. The first-order valence-electron chi connectivity index (χ1n) is 8.67. The van der Waals surface area contributed by atoms with Crippen LogP contribution in [0.4, 0.5) is 10.1 Å². The molecule has 2 aromatic rings. The number of nitrogens with zero attached hydrogens (tertiary/aromatic N) is 1. The van der Waals surface area contributed by atoms with Crippen LogP contribution in [-0.4, -0.2) is 42.4 Å². The number of carbonyl (C=O) groups is 3. The number of carbonyl (C=O) groups excluding carboxylic acids is 3. The summed E-state index contributed by atoms with van der Waals surface area (Å²) in [7, 11) is 0. The molecule has 0 radical (unpaired) electrons. The Morgan fingerprint density at radius 2 is 1.71 bits per heavy atom. The van der Waals surface area contributed by atoms with Crippen LogP contribution in [0.15, 0.2) is 42.5 Å². The van der Waals surface area contributed by atoms with E-state index in [1.165, 1.54) is 6.07 Å². The Hall–Kier alpha value is -2.93. The quantitative estimate of drug-likeness (QED) is 0.710. The average molecular weight is 407 g/mol. The first kappa shape index (κ1) is 21.4. The van der Waals surface area contributed by atoms with Gasteiger partial charge in [0.1, 0.15) is 5.82 Å². The van der Waals surface area contributed by atoms with Crippen LogP contribution in [0.3, 0.4) is 0 Å². The van der Waals surface area contributed by atoms with Crippen molar-refractivity contribution in [3.63, 3.8) is 0 Å². The summed E-state index contributed by atoms with van der Waals surface area (Å²) in [6.45, 7) is 4.41. The second-order valence-corrected chi connectivity index (χ2v) is 6.24. The fourth-order valence-corrected chi connectivity index (χ4v) is 2.62. The van der Waals surface area contributed by atoms with Crippen molar-refractivity contribution in [2.24, 2.45) is 0 Å². The normalized spacial score (nSPS) is 10.3. The van der Waals surface area contributed by atoms with E-state index in [-0.39, 0.29) is 16.5 Å². The molecule has 148 valence electrons. The van der Waals surface area contributed by atoms with Gasteiger partial charge in [-0.05, 0) is 56.3 Å². The summed E-state index contributed by atoms with van der Waals surface area (Å²) in [4.78, 5) is 37.7. The van der Waals surface area contributed by atoms with Gasteiger partial charge in [0.2, 0.25) is 0 Å². The summed E-state index contributed by atoms with van der Waals surface area (Å²) in [6.07, 6.45) is 0. The maximum absolute atomic E-state index is 13.6. The molecule has 6 nitrogen and oxygen atoms in total. The van der Waals surface area contributed by atoms with Crippen molar-refractivity contribution >= 4 is 35.1 Å². The van der Waals surface area contributed by atoms with E-state index in [1.54, 1.807) is 29.2 Å². The molecule has 0 saturated carbocycles. The summed E-state index contributed by atoms with van der Waals surface area (Å²) in [5.41, 5.74) is 0.593. The van der Waals surface area contributed by atoms with E-state index >= 15 is 0 Å². The summed E-state index contributed by atoms with van der Waals surface area (Å²) in [5, 5.41) is 2.72. The van der Waals surface area contributed by atoms with Gasteiger partial charge in [-0.15, -0.1) is 0 Å². The number of amides is 2. The molecule has 0 aliphatic carbocycles. The van der Waals surface area contributed by atoms with Gasteiger partial charge < -0.3 is 15.0 Å². The van der Waals surface area contributed by atoms with Gasteiger partial charge in [0.25, 0.3) is 11.8 Å². The lowest BCUT2D eigenvalue weighted by Crippen LogP contribution is -2.30. The SMILES string of the molecule is CCN(CC)C(=O)c1ccc(NC(=O)COC(=O)c2cc(Cl)ccc2F)cc1. The summed E-state index contributed by atoms with van der Waals surface area (Å²) >= 11 is 5.72. The molecule has 0 aromatic heterocycles. The van der Waals surface area contributed by atoms with E-state index in [0.29, 0.717) is 24.3 Å². The molecule has 0 aliphatic heterocycles. The number of halogens is 2. The van der Waals surface area contributed by atoms with Crippen molar-refractivity contribution in [2.75, 3.05) is 25.0 Å². The third-order valence-corrected chi connectivity index (χ3v) is 4.18. The lowest BCUT2D eigenvalue weighted by atomic mass is 10.2. The van der Waals surface area contributed by atoms with Crippen LogP contribution in [0.5, 0.6) is 0 Å². The highest BCUT2D eigenvalue weighted by Crippen LogP contribution is 2.16. The Balaban J connectivity index is 1.92. The van der Waals surface area contributed by atoms with Crippen LogP contribution in [0.25, 0.3) is 0 Å². The molecule has 8 heteroatoms. The molecule has 0 fully saturated rings. The van der Waals surface area contributed by atoms with Gasteiger partial charge in [-0.2, -0.15) is 0 Å². The number of anilines is 1. The predicted molar refractivity (Wildman–Crippen MR) is 104 cm³/mol. The van der Waals surface area contributed by atoms with Gasteiger partial charge in [-0.3, -0.25) is 9.59 Å². The minimum Gasteiger partial charge on any atom is -0.452 e. The standard InChI is InChI=1S/C20H20ClFN2O4/c1-3-24(4-2)19(26)13-5-8-15(9-6-13)23-18(25)12-28-20(27)16-11-14(21)7-10-17(16)22/h5-11H,3-4,12H2,1-2H3,(H,23,25). The van der Waals surface area contributed by atoms with Crippen molar-refractivity contribution in [1.29, 1.82) is 0 Å². The van der Waals surface area contributed by atoms with E-state index in [9.17, 15) is 18.8 Å². The second kappa shape index (κ2) is 9.85. The van der Waals surface area contributed by atoms with E-state index in [2.05, 4.69) is 5.32 Å². The Morgan fingerprint density at radius 1 is 1.07 bits per heavy atom. The van der Waals surface area contributed by atoms with Crippen LogP contribution in [0.2, 0.25) is 5.02 Å². The van der Waals surface area contributed by atoms with E-state index in [4.69, 9.17) is 16.3 Å². The lowest BCUT2D eigenvalue weighted by Gasteiger charge is -2.18. The number of esters is 1. The molecule has 0 atom stereocenters. The highest BCUT2D eigenvalue weighted by atomic mass is 35.5. The number of rotatable bonds is 7. The molecule has 1 N–H and O–H groups in total. The number of hydrogen-bond acceptors (Lipinski definition) is 4. The first-order chi connectivity index (χ1) is 13.3. The Labute approximate surface area is 167 Å². The van der Waals surface area contributed by atoms with Gasteiger partial charge in [0.05, 0.1) is 5.56 Å². The maximum Gasteiger partial charge on any atom is 0.341 e. The highest BCUT2D eigenvalue weighted by molar-refractivity contribution is 6.30. The van der Waals surface area contributed by atoms with E-state index in [1.807, 2.05) is 13.8 Å². The molecule has 0 bridgehead atoms. The van der Waals surface area contributed by atoms with Crippen LogP contribution < -0.4 is 5.32 Å². The fourth-order valence-electron chi connectivity index (χ4n) is 2.45. The molecule has 28 heavy (non-hydrogen) atoms. The molecule has 0 saturated heterocycles. The van der Waals surface area contributed by atoms with Crippen LogP contribution >= 0.6 is 11.6 Å². The van der Waals surface area contributed by atoms with Gasteiger partial charge >= 0.3 is 5.97 Å². The maximum atomic E-state index is 13.6. The third kappa shape index (κ3) is 5.53. The Kier molecular flexibility index (Phi) is 7.52. The zero-order valence-electron chi connectivity index (χ0n) is 15.5. The zero-order chi connectivity index (χ0) is 20.7. The number of hydrogen-bond donors (Lipinski definition) is 1. The largest absolute Gasteiger partial charge is 0.452 e. The van der Waals surface area contributed by atoms with Gasteiger partial charge in [0, 0.05) is 29.4 Å². The zero-order valence-corrected chi connectivity index (χ0v) is 16.3. The summed E-state index contributed by atoms with van der Waals surface area (Å²) in [6, 6.07) is 9.82. The topological polar surface area (TPSA) is 75.7 Å². The van der Waals surface area contributed by atoms with Gasteiger partial charge in [-0.1, -0.05) is 11.6 Å². The molecule has 0 spiro atoms.